The molecule has 11 rings (SSSR count). The zero-order chi connectivity index (χ0) is 32.1. The van der Waals surface area contributed by atoms with E-state index in [1.54, 1.807) is 0 Å². The van der Waals surface area contributed by atoms with Crippen molar-refractivity contribution in [3.8, 4) is 44.8 Å². The second-order valence-electron chi connectivity index (χ2n) is 13.3. The van der Waals surface area contributed by atoms with E-state index in [1.165, 1.54) is 82.4 Å². The fourth-order valence-corrected chi connectivity index (χ4v) is 9.10. The summed E-state index contributed by atoms with van der Waals surface area (Å²) >= 11 is 0. The van der Waals surface area contributed by atoms with Crippen molar-refractivity contribution in [3.63, 3.8) is 0 Å². The van der Waals surface area contributed by atoms with Crippen LogP contribution < -0.4 is 0 Å². The van der Waals surface area contributed by atoms with Crippen molar-refractivity contribution < 1.29 is 0 Å². The quantitative estimate of drug-likeness (QED) is 0.180. The number of hydrogen-bond acceptors (Lipinski definition) is 2. The van der Waals surface area contributed by atoms with Gasteiger partial charge >= 0.3 is 0 Å². The average molecular weight is 621 g/mol. The summed E-state index contributed by atoms with van der Waals surface area (Å²) in [6, 6.07) is 58.2. The molecule has 49 heavy (non-hydrogen) atoms. The highest BCUT2D eigenvalue weighted by Gasteiger charge is 2.53. The fourth-order valence-electron chi connectivity index (χ4n) is 9.10. The Kier molecular flexibility index (Phi) is 5.34. The van der Waals surface area contributed by atoms with Gasteiger partial charge < -0.3 is 0 Å². The summed E-state index contributed by atoms with van der Waals surface area (Å²) in [6.07, 6.45) is 3.71. The molecule has 7 aromatic carbocycles. The largest absolute Gasteiger partial charge is 0.255 e. The first-order valence-corrected chi connectivity index (χ1v) is 16.9. The SMILES string of the molecule is c1ccc(-c2cc(-c3ccc4c5c(ccc4c3)-c3c(c4ccccc4c4ccccc34)C53c4ccccc4-c4ccccc43)ccn2)nc1. The molecule has 0 amide bonds. The first kappa shape index (κ1) is 26.7. The van der Waals surface area contributed by atoms with Gasteiger partial charge in [-0.1, -0.05) is 127 Å². The van der Waals surface area contributed by atoms with Crippen LogP contribution in [-0.4, -0.2) is 9.97 Å². The van der Waals surface area contributed by atoms with Crippen molar-refractivity contribution in [2.75, 3.05) is 0 Å². The van der Waals surface area contributed by atoms with Gasteiger partial charge in [-0.25, -0.2) is 0 Å². The Hall–Kier alpha value is -6.38. The van der Waals surface area contributed by atoms with Crippen LogP contribution in [0.1, 0.15) is 22.3 Å². The van der Waals surface area contributed by atoms with E-state index in [0.29, 0.717) is 0 Å². The van der Waals surface area contributed by atoms with Crippen LogP contribution >= 0.6 is 0 Å². The smallest absolute Gasteiger partial charge is 0.0892 e. The summed E-state index contributed by atoms with van der Waals surface area (Å²) in [5.41, 5.74) is 14.4. The van der Waals surface area contributed by atoms with E-state index >= 15 is 0 Å². The number of benzene rings is 7. The van der Waals surface area contributed by atoms with E-state index in [-0.39, 0.29) is 0 Å². The molecule has 2 nitrogen and oxygen atoms in total. The van der Waals surface area contributed by atoms with Crippen LogP contribution in [0.2, 0.25) is 0 Å². The maximum Gasteiger partial charge on any atom is 0.0892 e. The molecule has 0 unspecified atom stereocenters. The predicted molar refractivity (Wildman–Crippen MR) is 202 cm³/mol. The lowest BCUT2D eigenvalue weighted by Crippen LogP contribution is -2.26. The van der Waals surface area contributed by atoms with E-state index in [0.717, 1.165) is 17.0 Å². The number of pyridine rings is 2. The van der Waals surface area contributed by atoms with Crippen LogP contribution in [0.25, 0.3) is 77.1 Å². The van der Waals surface area contributed by atoms with Gasteiger partial charge in [-0.3, -0.25) is 9.97 Å². The molecule has 0 atom stereocenters. The van der Waals surface area contributed by atoms with E-state index in [4.69, 9.17) is 0 Å². The zero-order valence-corrected chi connectivity index (χ0v) is 26.6. The number of aromatic nitrogens is 2. The molecule has 226 valence electrons. The monoisotopic (exact) mass is 620 g/mol. The number of hydrogen-bond donors (Lipinski definition) is 0. The molecule has 1 spiro atoms. The Morgan fingerprint density at radius 3 is 1.76 bits per heavy atom. The van der Waals surface area contributed by atoms with Crippen LogP contribution in [0, 0.1) is 0 Å². The van der Waals surface area contributed by atoms with Crippen molar-refractivity contribution >= 4 is 32.3 Å². The minimum absolute atomic E-state index is 0.467. The number of fused-ring (bicyclic) bond motifs is 17. The molecule has 9 aromatic rings. The van der Waals surface area contributed by atoms with Gasteiger partial charge in [0.15, 0.2) is 0 Å². The summed E-state index contributed by atoms with van der Waals surface area (Å²) in [7, 11) is 0. The highest BCUT2D eigenvalue weighted by molar-refractivity contribution is 6.21. The van der Waals surface area contributed by atoms with E-state index < -0.39 is 5.41 Å². The molecular formula is C47H28N2. The van der Waals surface area contributed by atoms with Gasteiger partial charge in [0.1, 0.15) is 0 Å². The second kappa shape index (κ2) is 9.82. The third-order valence-electron chi connectivity index (χ3n) is 10.9. The third-order valence-corrected chi connectivity index (χ3v) is 10.9. The molecule has 2 heteroatoms. The summed E-state index contributed by atoms with van der Waals surface area (Å²) in [5, 5.41) is 7.76. The summed E-state index contributed by atoms with van der Waals surface area (Å²) in [5.74, 6) is 0. The van der Waals surface area contributed by atoms with E-state index in [2.05, 4.69) is 149 Å². The Morgan fingerprint density at radius 1 is 0.367 bits per heavy atom. The molecule has 0 saturated heterocycles. The highest BCUT2D eigenvalue weighted by Crippen LogP contribution is 2.66. The molecule has 0 aliphatic heterocycles. The lowest BCUT2D eigenvalue weighted by Gasteiger charge is -2.32. The molecule has 2 aliphatic rings. The Bertz CT molecular complexity index is 2790. The van der Waals surface area contributed by atoms with Crippen molar-refractivity contribution in [2.45, 2.75) is 5.41 Å². The van der Waals surface area contributed by atoms with Crippen LogP contribution in [0.15, 0.2) is 170 Å². The highest BCUT2D eigenvalue weighted by atomic mass is 14.8. The number of rotatable bonds is 2. The van der Waals surface area contributed by atoms with Crippen molar-refractivity contribution in [1.82, 2.24) is 9.97 Å². The van der Waals surface area contributed by atoms with E-state index in [1.807, 2.05) is 30.6 Å². The first-order valence-electron chi connectivity index (χ1n) is 16.9. The second-order valence-corrected chi connectivity index (χ2v) is 13.3. The topological polar surface area (TPSA) is 25.8 Å². The lowest BCUT2D eigenvalue weighted by atomic mass is 9.68. The average Bonchev–Trinajstić information content (AvgIpc) is 3.66. The van der Waals surface area contributed by atoms with Gasteiger partial charge in [-0.2, -0.15) is 0 Å². The molecule has 0 bridgehead atoms. The lowest BCUT2D eigenvalue weighted by molar-refractivity contribution is 0.809. The van der Waals surface area contributed by atoms with Crippen LogP contribution in [0.3, 0.4) is 0 Å². The van der Waals surface area contributed by atoms with Crippen LogP contribution in [0.4, 0.5) is 0 Å². The minimum Gasteiger partial charge on any atom is -0.255 e. The summed E-state index contributed by atoms with van der Waals surface area (Å²) in [6.45, 7) is 0. The van der Waals surface area contributed by atoms with Gasteiger partial charge in [0.25, 0.3) is 0 Å². The number of nitrogens with zero attached hydrogens (tertiary/aromatic N) is 2. The van der Waals surface area contributed by atoms with Crippen LogP contribution in [0.5, 0.6) is 0 Å². The third kappa shape index (κ3) is 3.45. The van der Waals surface area contributed by atoms with Gasteiger partial charge in [0.2, 0.25) is 0 Å². The van der Waals surface area contributed by atoms with Gasteiger partial charge in [0.05, 0.1) is 16.8 Å². The molecule has 0 fully saturated rings. The molecule has 2 aliphatic carbocycles. The molecule has 2 heterocycles. The van der Waals surface area contributed by atoms with Crippen molar-refractivity contribution in [1.29, 1.82) is 0 Å². The molecule has 0 radical (unpaired) electrons. The standard InChI is InChI=1S/C47H28N2/c1-3-15-37-33(11-1)34-12-2-4-16-38(34)46-44(37)39-23-21-31-27-29(30-24-26-49-43(28-30)42-19-9-10-25-48-42)20-22-32(31)45(39)47(46)40-17-7-5-13-35(40)36-14-6-8-18-41(36)47/h1-28H. The summed E-state index contributed by atoms with van der Waals surface area (Å²) < 4.78 is 0. The molecule has 0 N–H and O–H groups in total. The molecule has 2 aromatic heterocycles. The summed E-state index contributed by atoms with van der Waals surface area (Å²) in [4.78, 5) is 9.20. The molecule has 0 saturated carbocycles. The van der Waals surface area contributed by atoms with Gasteiger partial charge in [0, 0.05) is 12.4 Å². The van der Waals surface area contributed by atoms with Gasteiger partial charge in [-0.15, -0.1) is 0 Å². The van der Waals surface area contributed by atoms with Crippen molar-refractivity contribution in [3.05, 3.63) is 192 Å². The Balaban J connectivity index is 1.27. The maximum atomic E-state index is 4.65. The zero-order valence-electron chi connectivity index (χ0n) is 26.6. The van der Waals surface area contributed by atoms with E-state index in [9.17, 15) is 0 Å². The molecular weight excluding hydrogens is 593 g/mol. The Morgan fingerprint density at radius 2 is 1.00 bits per heavy atom. The maximum absolute atomic E-state index is 4.65. The normalized spacial score (nSPS) is 13.5. The van der Waals surface area contributed by atoms with Gasteiger partial charge in [-0.05, 0) is 118 Å². The minimum atomic E-state index is -0.467. The first-order chi connectivity index (χ1) is 24.3. The van der Waals surface area contributed by atoms with Crippen LogP contribution in [-0.2, 0) is 5.41 Å². The van der Waals surface area contributed by atoms with Crippen molar-refractivity contribution in [2.24, 2.45) is 0 Å². The predicted octanol–water partition coefficient (Wildman–Crippen LogP) is 11.6. The fraction of sp³-hybridized carbons (Fsp3) is 0.0213. The Labute approximate surface area is 284 Å².